The van der Waals surface area contributed by atoms with Crippen LogP contribution in [0.5, 0.6) is 0 Å². The number of carbonyl (C=O) groups excluding carboxylic acids is 2. The monoisotopic (exact) mass is 375 g/mol. The second-order valence-electron chi connectivity index (χ2n) is 6.12. The Morgan fingerprint density at radius 1 is 0.964 bits per heavy atom. The van der Waals surface area contributed by atoms with Crippen LogP contribution < -0.4 is 10.6 Å². The minimum Gasteiger partial charge on any atom is -0.465 e. The van der Waals surface area contributed by atoms with Crippen LogP contribution in [0.3, 0.4) is 0 Å². The van der Waals surface area contributed by atoms with Gasteiger partial charge in [0.05, 0.1) is 18.2 Å². The normalized spacial score (nSPS) is 10.2. The zero-order valence-corrected chi connectivity index (χ0v) is 15.5. The largest absolute Gasteiger partial charge is 0.465 e. The highest BCUT2D eigenvalue weighted by Gasteiger charge is 2.08. The summed E-state index contributed by atoms with van der Waals surface area (Å²) in [6, 6.07) is 20.3. The number of carbonyl (C=O) groups is 2. The third kappa shape index (κ3) is 5.17. The van der Waals surface area contributed by atoms with Crippen LogP contribution in [0.25, 0.3) is 0 Å². The molecule has 2 aromatic carbocycles. The molecule has 0 radical (unpaired) electrons. The average Bonchev–Trinajstić information content (AvgIpc) is 2.74. The number of pyridine rings is 1. The Kier molecular flexibility index (Phi) is 6.36. The van der Waals surface area contributed by atoms with Gasteiger partial charge in [-0.1, -0.05) is 36.4 Å². The van der Waals surface area contributed by atoms with Crippen LogP contribution in [-0.2, 0) is 11.2 Å². The highest BCUT2D eigenvalue weighted by atomic mass is 16.5. The van der Waals surface area contributed by atoms with Crippen molar-refractivity contribution in [2.24, 2.45) is 0 Å². The summed E-state index contributed by atoms with van der Waals surface area (Å²) in [5, 5.41) is 6.00. The van der Waals surface area contributed by atoms with E-state index in [2.05, 4.69) is 15.6 Å². The smallest absolute Gasteiger partial charge is 0.337 e. The molecule has 0 saturated carbocycles. The molecular weight excluding hydrogens is 354 g/mol. The molecule has 0 atom stereocenters. The Labute approximate surface area is 163 Å². The van der Waals surface area contributed by atoms with Crippen molar-refractivity contribution in [1.29, 1.82) is 0 Å². The zero-order chi connectivity index (χ0) is 19.8. The van der Waals surface area contributed by atoms with E-state index < -0.39 is 5.97 Å². The van der Waals surface area contributed by atoms with Crippen molar-refractivity contribution >= 4 is 23.4 Å². The molecule has 2 N–H and O–H groups in total. The van der Waals surface area contributed by atoms with E-state index in [1.807, 2.05) is 36.4 Å². The number of nitrogens with zero attached hydrogens (tertiary/aromatic N) is 1. The molecule has 6 nitrogen and oxygen atoms in total. The van der Waals surface area contributed by atoms with Gasteiger partial charge < -0.3 is 15.4 Å². The lowest BCUT2D eigenvalue weighted by Gasteiger charge is -2.08. The van der Waals surface area contributed by atoms with E-state index in [0.29, 0.717) is 29.2 Å². The summed E-state index contributed by atoms with van der Waals surface area (Å²) in [7, 11) is 1.34. The van der Waals surface area contributed by atoms with Crippen LogP contribution in [-0.4, -0.2) is 30.5 Å². The van der Waals surface area contributed by atoms with E-state index >= 15 is 0 Å². The number of nitrogens with one attached hydrogen (secondary N) is 2. The molecule has 0 aliphatic carbocycles. The second-order valence-corrected chi connectivity index (χ2v) is 6.12. The predicted molar refractivity (Wildman–Crippen MR) is 108 cm³/mol. The quantitative estimate of drug-likeness (QED) is 0.617. The minimum atomic E-state index is -0.404. The third-order valence-electron chi connectivity index (χ3n) is 4.12. The predicted octanol–water partition coefficient (Wildman–Crippen LogP) is 3.58. The van der Waals surface area contributed by atoms with E-state index in [1.54, 1.807) is 30.3 Å². The number of hydrogen-bond acceptors (Lipinski definition) is 5. The number of esters is 1. The van der Waals surface area contributed by atoms with Crippen molar-refractivity contribution in [2.45, 2.75) is 6.42 Å². The van der Waals surface area contributed by atoms with Gasteiger partial charge in [0.2, 0.25) is 0 Å². The maximum atomic E-state index is 12.2. The van der Waals surface area contributed by atoms with Gasteiger partial charge in [0, 0.05) is 18.4 Å². The van der Waals surface area contributed by atoms with E-state index in [1.165, 1.54) is 18.9 Å². The summed E-state index contributed by atoms with van der Waals surface area (Å²) in [6.07, 6.45) is 2.29. The first-order valence-corrected chi connectivity index (χ1v) is 8.89. The molecule has 28 heavy (non-hydrogen) atoms. The number of anilines is 2. The van der Waals surface area contributed by atoms with Gasteiger partial charge in [-0.25, -0.2) is 9.78 Å². The first kappa shape index (κ1) is 19.1. The fourth-order valence-electron chi connectivity index (χ4n) is 2.66. The summed E-state index contributed by atoms with van der Waals surface area (Å²) in [6.45, 7) is 0.559. The highest BCUT2D eigenvalue weighted by Crippen LogP contribution is 2.17. The first-order valence-electron chi connectivity index (χ1n) is 8.89. The summed E-state index contributed by atoms with van der Waals surface area (Å²) >= 11 is 0. The van der Waals surface area contributed by atoms with Gasteiger partial charge in [0.15, 0.2) is 0 Å². The SMILES string of the molecule is COC(=O)c1cccc(Nc2ccc(C(=O)NCCc3ccccc3)cn2)c1. The molecule has 0 fully saturated rings. The summed E-state index contributed by atoms with van der Waals surface area (Å²) in [4.78, 5) is 28.1. The topological polar surface area (TPSA) is 80.3 Å². The van der Waals surface area contributed by atoms with Gasteiger partial charge in [0.1, 0.15) is 5.82 Å². The number of ether oxygens (including phenoxy) is 1. The Bertz CT molecular complexity index is 941. The maximum absolute atomic E-state index is 12.2. The lowest BCUT2D eigenvalue weighted by molar-refractivity contribution is 0.0600. The molecule has 0 saturated heterocycles. The van der Waals surface area contributed by atoms with Crippen molar-refractivity contribution in [3.8, 4) is 0 Å². The molecule has 3 aromatic rings. The van der Waals surface area contributed by atoms with Crippen molar-refractivity contribution in [1.82, 2.24) is 10.3 Å². The fourth-order valence-corrected chi connectivity index (χ4v) is 2.66. The van der Waals surface area contributed by atoms with Gasteiger partial charge in [-0.15, -0.1) is 0 Å². The van der Waals surface area contributed by atoms with Crippen LogP contribution in [0.1, 0.15) is 26.3 Å². The van der Waals surface area contributed by atoms with Crippen LogP contribution >= 0.6 is 0 Å². The van der Waals surface area contributed by atoms with E-state index in [9.17, 15) is 9.59 Å². The van der Waals surface area contributed by atoms with Crippen LogP contribution in [0.15, 0.2) is 72.9 Å². The van der Waals surface area contributed by atoms with Gasteiger partial charge in [0.25, 0.3) is 5.91 Å². The van der Waals surface area contributed by atoms with Crippen LogP contribution in [0.4, 0.5) is 11.5 Å². The molecule has 1 heterocycles. The van der Waals surface area contributed by atoms with Gasteiger partial charge in [-0.05, 0) is 42.3 Å². The van der Waals surface area contributed by atoms with Crippen molar-refractivity contribution in [2.75, 3.05) is 19.0 Å². The first-order chi connectivity index (χ1) is 13.7. The molecule has 1 amide bonds. The van der Waals surface area contributed by atoms with Crippen molar-refractivity contribution < 1.29 is 14.3 Å². The van der Waals surface area contributed by atoms with E-state index in [-0.39, 0.29) is 5.91 Å². The fraction of sp³-hybridized carbons (Fsp3) is 0.136. The molecule has 3 rings (SSSR count). The average molecular weight is 375 g/mol. The number of benzene rings is 2. The van der Waals surface area contributed by atoms with Crippen molar-refractivity contribution in [3.63, 3.8) is 0 Å². The number of methoxy groups -OCH3 is 1. The van der Waals surface area contributed by atoms with Gasteiger partial charge >= 0.3 is 5.97 Å². The lowest BCUT2D eigenvalue weighted by Crippen LogP contribution is -2.25. The second kappa shape index (κ2) is 9.32. The minimum absolute atomic E-state index is 0.164. The zero-order valence-electron chi connectivity index (χ0n) is 15.5. The Morgan fingerprint density at radius 3 is 2.50 bits per heavy atom. The molecule has 0 aliphatic heterocycles. The molecule has 0 bridgehead atoms. The highest BCUT2D eigenvalue weighted by molar-refractivity contribution is 5.94. The number of amides is 1. The molecule has 6 heteroatoms. The summed E-state index contributed by atoms with van der Waals surface area (Å²) in [5.74, 6) is 0.00431. The Balaban J connectivity index is 1.56. The number of hydrogen-bond donors (Lipinski definition) is 2. The Morgan fingerprint density at radius 2 is 1.79 bits per heavy atom. The molecule has 0 spiro atoms. The molecule has 1 aromatic heterocycles. The molecule has 142 valence electrons. The standard InChI is InChI=1S/C22H21N3O3/c1-28-22(27)17-8-5-9-19(14-17)25-20-11-10-18(15-24-20)21(26)23-13-12-16-6-3-2-4-7-16/h2-11,14-15H,12-13H2,1H3,(H,23,26)(H,24,25). The van der Waals surface area contributed by atoms with Crippen molar-refractivity contribution in [3.05, 3.63) is 89.6 Å². The van der Waals surface area contributed by atoms with E-state index in [0.717, 1.165) is 6.42 Å². The lowest BCUT2D eigenvalue weighted by atomic mass is 10.1. The molecular formula is C22H21N3O3. The van der Waals surface area contributed by atoms with Crippen LogP contribution in [0.2, 0.25) is 0 Å². The maximum Gasteiger partial charge on any atom is 0.337 e. The number of aromatic nitrogens is 1. The number of rotatable bonds is 7. The molecule has 0 aliphatic rings. The summed E-state index contributed by atoms with van der Waals surface area (Å²) in [5.41, 5.74) is 2.81. The van der Waals surface area contributed by atoms with Crippen LogP contribution in [0, 0.1) is 0 Å². The van der Waals surface area contributed by atoms with E-state index in [4.69, 9.17) is 4.74 Å². The van der Waals surface area contributed by atoms with Gasteiger partial charge in [-0.3, -0.25) is 4.79 Å². The Hall–Kier alpha value is -3.67. The third-order valence-corrected chi connectivity index (χ3v) is 4.12. The molecule has 0 unspecified atom stereocenters. The van der Waals surface area contributed by atoms with Gasteiger partial charge in [-0.2, -0.15) is 0 Å². The summed E-state index contributed by atoms with van der Waals surface area (Å²) < 4.78 is 4.72.